The molecule has 4 N–H and O–H groups in total. The van der Waals surface area contributed by atoms with Crippen LogP contribution in [0.4, 0.5) is 11.8 Å². The van der Waals surface area contributed by atoms with Crippen LogP contribution in [0.1, 0.15) is 63.8 Å². The Bertz CT molecular complexity index is 1110. The number of hydrogen-bond donors (Lipinski definition) is 4. The number of aliphatic hydroxyl groups excluding tert-OH is 1. The smallest absolute Gasteiger partial charge is 0.208 e. The number of methoxy groups -OCH3 is 1. The summed E-state index contributed by atoms with van der Waals surface area (Å²) in [6.45, 7) is 9.36. The molecular formula is C24H34N6O4. The number of aliphatic hydroxyl groups is 1. The van der Waals surface area contributed by atoms with E-state index in [0.29, 0.717) is 22.8 Å². The Kier molecular flexibility index (Phi) is 6.70. The van der Waals surface area contributed by atoms with Crippen LogP contribution < -0.4 is 15.0 Å². The zero-order valence-corrected chi connectivity index (χ0v) is 20.4. The molecule has 3 aliphatic rings. The number of benzene rings is 1. The summed E-state index contributed by atoms with van der Waals surface area (Å²) in [5.74, 6) is 1.63. The predicted molar refractivity (Wildman–Crippen MR) is 130 cm³/mol. The highest BCUT2D eigenvalue weighted by atomic mass is 16.5. The quantitative estimate of drug-likeness (QED) is 0.391. The zero-order valence-electron chi connectivity index (χ0n) is 20.4. The molecule has 4 rings (SSSR count). The molecule has 0 bridgehead atoms. The van der Waals surface area contributed by atoms with Gasteiger partial charge in [0.15, 0.2) is 11.5 Å². The van der Waals surface area contributed by atoms with E-state index in [-0.39, 0.29) is 42.7 Å². The average molecular weight is 471 g/mol. The monoisotopic (exact) mass is 470 g/mol. The Morgan fingerprint density at radius 2 is 1.85 bits per heavy atom. The highest BCUT2D eigenvalue weighted by molar-refractivity contribution is 5.75. The van der Waals surface area contributed by atoms with Crippen LogP contribution in [0.5, 0.6) is 17.2 Å². The highest BCUT2D eigenvalue weighted by Crippen LogP contribution is 2.40. The standard InChI is InChI=1S/C24H34N6O4/c1-13(2)20-22-21(28-27-20)23(25-11-17-18(32)9-16(34-5)10-19(17)33)26-24(30(22)14(3)4)29-8-6-7-15(29)12-31/h9-10,13-15,25,31-33H,6-8,11-12H2,1-5H3. The van der Waals surface area contributed by atoms with Crippen LogP contribution in [-0.2, 0) is 6.54 Å². The van der Waals surface area contributed by atoms with E-state index >= 15 is 0 Å². The summed E-state index contributed by atoms with van der Waals surface area (Å²) in [7, 11) is 1.47. The lowest BCUT2D eigenvalue weighted by Gasteiger charge is -2.31. The Morgan fingerprint density at radius 1 is 1.15 bits per heavy atom. The van der Waals surface area contributed by atoms with Gasteiger partial charge in [-0.2, -0.15) is 10.1 Å². The molecule has 1 aromatic rings. The molecule has 0 spiro atoms. The second-order valence-corrected chi connectivity index (χ2v) is 9.33. The summed E-state index contributed by atoms with van der Waals surface area (Å²) in [6.07, 6.45) is 1.88. The average Bonchev–Trinajstić information content (AvgIpc) is 3.44. The summed E-state index contributed by atoms with van der Waals surface area (Å²) in [5, 5.41) is 43.0. The summed E-state index contributed by atoms with van der Waals surface area (Å²) < 4.78 is 7.26. The van der Waals surface area contributed by atoms with E-state index in [1.54, 1.807) is 0 Å². The Morgan fingerprint density at radius 3 is 2.44 bits per heavy atom. The van der Waals surface area contributed by atoms with Gasteiger partial charge in [-0.25, -0.2) is 0 Å². The minimum Gasteiger partial charge on any atom is -0.507 e. The maximum absolute atomic E-state index is 10.4. The van der Waals surface area contributed by atoms with E-state index in [4.69, 9.17) is 9.72 Å². The molecule has 0 aliphatic carbocycles. The van der Waals surface area contributed by atoms with Gasteiger partial charge in [-0.15, -0.1) is 5.10 Å². The molecule has 10 nitrogen and oxygen atoms in total. The minimum absolute atomic E-state index is 0.00384. The largest absolute Gasteiger partial charge is 0.507 e. The van der Waals surface area contributed by atoms with Gasteiger partial charge in [-0.1, -0.05) is 13.8 Å². The van der Waals surface area contributed by atoms with Crippen LogP contribution >= 0.6 is 0 Å². The second kappa shape index (κ2) is 9.54. The molecule has 0 aromatic heterocycles. The number of anilines is 2. The molecule has 0 radical (unpaired) electrons. The van der Waals surface area contributed by atoms with Crippen molar-refractivity contribution >= 4 is 11.8 Å². The molecule has 1 unspecified atom stereocenters. The Hall–Kier alpha value is -3.27. The fourth-order valence-electron chi connectivity index (χ4n) is 4.60. The number of ether oxygens (including phenoxy) is 1. The van der Waals surface area contributed by atoms with Gasteiger partial charge in [0.2, 0.25) is 5.95 Å². The molecule has 1 saturated heterocycles. The third-order valence-corrected chi connectivity index (χ3v) is 6.37. The molecule has 1 fully saturated rings. The fourth-order valence-corrected chi connectivity index (χ4v) is 4.60. The number of phenols is 2. The van der Waals surface area contributed by atoms with Crippen molar-refractivity contribution in [2.45, 2.75) is 65.1 Å². The Balaban J connectivity index is 1.83. The normalized spacial score (nSPS) is 16.2. The van der Waals surface area contributed by atoms with E-state index in [0.717, 1.165) is 36.7 Å². The lowest BCUT2D eigenvalue weighted by atomic mass is 10.1. The third kappa shape index (κ3) is 4.18. The van der Waals surface area contributed by atoms with E-state index in [1.165, 1.54) is 19.2 Å². The number of fused-ring (bicyclic) bond motifs is 1. The summed E-state index contributed by atoms with van der Waals surface area (Å²) in [6, 6.07) is 3.00. The summed E-state index contributed by atoms with van der Waals surface area (Å²) in [4.78, 5) is 7.12. The van der Waals surface area contributed by atoms with E-state index in [1.807, 2.05) is 0 Å². The van der Waals surface area contributed by atoms with Crippen LogP contribution in [-0.4, -0.2) is 61.4 Å². The first-order chi connectivity index (χ1) is 16.3. The number of aromatic hydroxyl groups is 2. The molecule has 1 aromatic carbocycles. The van der Waals surface area contributed by atoms with Gasteiger partial charge in [0.05, 0.1) is 36.7 Å². The van der Waals surface area contributed by atoms with E-state index in [2.05, 4.69) is 52.7 Å². The van der Waals surface area contributed by atoms with Crippen molar-refractivity contribution in [3.63, 3.8) is 0 Å². The van der Waals surface area contributed by atoms with Gasteiger partial charge < -0.3 is 34.8 Å². The summed E-state index contributed by atoms with van der Waals surface area (Å²) >= 11 is 0. The number of aromatic nitrogens is 4. The van der Waals surface area contributed by atoms with Crippen molar-refractivity contribution in [2.75, 3.05) is 30.5 Å². The molecular weight excluding hydrogens is 436 g/mol. The number of rotatable bonds is 8. The van der Waals surface area contributed by atoms with Crippen molar-refractivity contribution in [3.8, 4) is 28.6 Å². The van der Waals surface area contributed by atoms with Crippen LogP contribution in [0.2, 0.25) is 0 Å². The van der Waals surface area contributed by atoms with Gasteiger partial charge in [-0.3, -0.25) is 0 Å². The Labute approximate surface area is 199 Å². The van der Waals surface area contributed by atoms with Crippen LogP contribution in [0.25, 0.3) is 11.4 Å². The van der Waals surface area contributed by atoms with Crippen molar-refractivity contribution in [1.29, 1.82) is 0 Å². The van der Waals surface area contributed by atoms with E-state index < -0.39 is 0 Å². The molecule has 0 saturated carbocycles. The van der Waals surface area contributed by atoms with Gasteiger partial charge >= 0.3 is 0 Å². The number of nitrogens with zero attached hydrogens (tertiary/aromatic N) is 5. The van der Waals surface area contributed by atoms with Crippen molar-refractivity contribution < 1.29 is 20.1 Å². The number of hydrogen-bond acceptors (Lipinski definition) is 9. The summed E-state index contributed by atoms with van der Waals surface area (Å²) in [5.41, 5.74) is 2.75. The lowest BCUT2D eigenvalue weighted by molar-refractivity contribution is 0.264. The molecule has 10 heteroatoms. The third-order valence-electron chi connectivity index (χ3n) is 6.37. The van der Waals surface area contributed by atoms with Crippen molar-refractivity contribution in [2.24, 2.45) is 0 Å². The molecule has 1 atom stereocenters. The molecule has 3 aliphatic heterocycles. The maximum Gasteiger partial charge on any atom is 0.208 e. The van der Waals surface area contributed by atoms with Gasteiger partial charge in [0, 0.05) is 31.3 Å². The predicted octanol–water partition coefficient (Wildman–Crippen LogP) is 3.48. The number of nitrogens with one attached hydrogen (secondary N) is 1. The molecule has 0 amide bonds. The van der Waals surface area contributed by atoms with Crippen molar-refractivity contribution in [1.82, 2.24) is 19.7 Å². The molecule has 3 heterocycles. The number of phenolic OH excluding ortho intramolecular Hbond substituents is 2. The second-order valence-electron chi connectivity index (χ2n) is 9.33. The highest BCUT2D eigenvalue weighted by Gasteiger charge is 2.33. The van der Waals surface area contributed by atoms with Crippen molar-refractivity contribution in [3.05, 3.63) is 23.4 Å². The van der Waals surface area contributed by atoms with Gasteiger partial charge in [-0.05, 0) is 32.6 Å². The fraction of sp³-hybridized carbons (Fsp3) is 0.542. The SMILES string of the molecule is COc1cc(O)c(CNc2nc(N3CCCC3CO)n(C(C)C)c3c(C(C)C)nnc2-3)c(O)c1. The first-order valence-corrected chi connectivity index (χ1v) is 11.8. The molecule has 184 valence electrons. The topological polar surface area (TPSA) is 129 Å². The van der Waals surface area contributed by atoms with Crippen LogP contribution in [0.3, 0.4) is 0 Å². The first kappa shape index (κ1) is 23.9. The van der Waals surface area contributed by atoms with Gasteiger partial charge in [0.25, 0.3) is 0 Å². The molecule has 34 heavy (non-hydrogen) atoms. The van der Waals surface area contributed by atoms with Gasteiger partial charge in [0.1, 0.15) is 17.2 Å². The van der Waals surface area contributed by atoms with Crippen LogP contribution in [0.15, 0.2) is 12.1 Å². The minimum atomic E-state index is -0.0784. The first-order valence-electron chi connectivity index (χ1n) is 11.8. The maximum atomic E-state index is 10.4. The van der Waals surface area contributed by atoms with E-state index in [9.17, 15) is 15.3 Å². The zero-order chi connectivity index (χ0) is 24.6. The van der Waals surface area contributed by atoms with Crippen LogP contribution in [0, 0.1) is 0 Å². The lowest BCUT2D eigenvalue weighted by Crippen LogP contribution is -2.36.